The van der Waals surface area contributed by atoms with Gasteiger partial charge in [-0.15, -0.1) is 0 Å². The molecule has 0 aliphatic rings. The first-order chi connectivity index (χ1) is 11.0. The van der Waals surface area contributed by atoms with Gasteiger partial charge in [-0.3, -0.25) is 0 Å². The smallest absolute Gasteiger partial charge is 0.429 e. The fourth-order valence-corrected chi connectivity index (χ4v) is 2.03. The molecule has 0 N–H and O–H groups in total. The highest BCUT2D eigenvalue weighted by molar-refractivity contribution is 5.36. The van der Waals surface area contributed by atoms with Crippen LogP contribution in [0, 0.1) is 0 Å². The third-order valence-corrected chi connectivity index (χ3v) is 3.09. The maximum absolute atomic E-state index is 13.3. The summed E-state index contributed by atoms with van der Waals surface area (Å²) >= 11 is 0. The van der Waals surface area contributed by atoms with E-state index in [1.165, 1.54) is 24.4 Å². The highest BCUT2D eigenvalue weighted by atomic mass is 19.4. The van der Waals surface area contributed by atoms with Gasteiger partial charge in [-0.1, -0.05) is 12.1 Å². The van der Waals surface area contributed by atoms with E-state index < -0.39 is 12.3 Å². The van der Waals surface area contributed by atoms with Crippen LogP contribution >= 0.6 is 0 Å². The zero-order chi connectivity index (χ0) is 16.3. The SMILES string of the molecule is FC(F)(F)C(Oc1ccncn1)c1ccc(-n2ccnc2)cc1. The Labute approximate surface area is 129 Å². The molecule has 118 valence electrons. The van der Waals surface area contributed by atoms with Gasteiger partial charge in [0.1, 0.15) is 6.33 Å². The Bertz CT molecular complexity index is 743. The molecule has 1 aromatic carbocycles. The van der Waals surface area contributed by atoms with Crippen molar-refractivity contribution in [1.29, 1.82) is 0 Å². The molecule has 2 heterocycles. The van der Waals surface area contributed by atoms with Crippen LogP contribution in [0.5, 0.6) is 5.88 Å². The first kappa shape index (κ1) is 15.0. The molecule has 3 rings (SSSR count). The second-order valence-corrected chi connectivity index (χ2v) is 4.65. The van der Waals surface area contributed by atoms with Crippen LogP contribution in [-0.2, 0) is 0 Å². The molecule has 3 aromatic rings. The van der Waals surface area contributed by atoms with E-state index in [0.717, 1.165) is 6.33 Å². The number of halogens is 3. The summed E-state index contributed by atoms with van der Waals surface area (Å²) in [5.41, 5.74) is 0.689. The first-order valence-corrected chi connectivity index (χ1v) is 6.62. The fourth-order valence-electron chi connectivity index (χ4n) is 2.03. The average molecular weight is 320 g/mol. The monoisotopic (exact) mass is 320 g/mol. The lowest BCUT2D eigenvalue weighted by molar-refractivity contribution is -0.198. The van der Waals surface area contributed by atoms with E-state index in [2.05, 4.69) is 15.0 Å². The van der Waals surface area contributed by atoms with Crippen LogP contribution in [0.1, 0.15) is 11.7 Å². The molecular formula is C15H11F3N4O. The van der Waals surface area contributed by atoms with Crippen LogP contribution in [0.15, 0.2) is 61.6 Å². The minimum atomic E-state index is -4.57. The summed E-state index contributed by atoms with van der Waals surface area (Å²) < 4.78 is 46.5. The van der Waals surface area contributed by atoms with E-state index >= 15 is 0 Å². The van der Waals surface area contributed by atoms with Crippen LogP contribution < -0.4 is 4.74 Å². The molecule has 0 fully saturated rings. The Kier molecular flexibility index (Phi) is 3.96. The zero-order valence-electron chi connectivity index (χ0n) is 11.7. The zero-order valence-corrected chi connectivity index (χ0v) is 11.7. The van der Waals surface area contributed by atoms with Gasteiger partial charge in [0, 0.05) is 35.9 Å². The lowest BCUT2D eigenvalue weighted by atomic mass is 10.1. The third-order valence-electron chi connectivity index (χ3n) is 3.09. The van der Waals surface area contributed by atoms with Crippen LogP contribution in [0.4, 0.5) is 13.2 Å². The summed E-state index contributed by atoms with van der Waals surface area (Å²) in [4.78, 5) is 11.2. The molecule has 23 heavy (non-hydrogen) atoms. The normalized spacial score (nSPS) is 12.8. The van der Waals surface area contributed by atoms with Gasteiger partial charge in [-0.05, 0) is 12.1 Å². The summed E-state index contributed by atoms with van der Waals surface area (Å²) in [6.45, 7) is 0. The summed E-state index contributed by atoms with van der Waals surface area (Å²) in [6.07, 6.45) is 0.630. The number of hydrogen-bond acceptors (Lipinski definition) is 4. The molecule has 0 radical (unpaired) electrons. The Morgan fingerprint density at radius 2 is 1.78 bits per heavy atom. The van der Waals surface area contributed by atoms with Gasteiger partial charge in [0.25, 0.3) is 0 Å². The molecule has 5 nitrogen and oxygen atoms in total. The maximum Gasteiger partial charge on any atom is 0.429 e. The van der Waals surface area contributed by atoms with Gasteiger partial charge in [0.2, 0.25) is 12.0 Å². The van der Waals surface area contributed by atoms with E-state index in [4.69, 9.17) is 4.74 Å². The summed E-state index contributed by atoms with van der Waals surface area (Å²) in [5, 5.41) is 0. The summed E-state index contributed by atoms with van der Waals surface area (Å²) in [7, 11) is 0. The minimum Gasteiger partial charge on any atom is -0.460 e. The molecule has 0 aliphatic heterocycles. The molecule has 1 atom stereocenters. The molecule has 0 bridgehead atoms. The van der Waals surface area contributed by atoms with Crippen molar-refractivity contribution in [3.63, 3.8) is 0 Å². The number of alkyl halides is 3. The minimum absolute atomic E-state index is 0.0139. The van der Waals surface area contributed by atoms with Crippen LogP contribution in [0.3, 0.4) is 0 Å². The van der Waals surface area contributed by atoms with Gasteiger partial charge >= 0.3 is 6.18 Å². The lowest BCUT2D eigenvalue weighted by Crippen LogP contribution is -2.26. The lowest BCUT2D eigenvalue weighted by Gasteiger charge is -2.21. The molecular weight excluding hydrogens is 309 g/mol. The van der Waals surface area contributed by atoms with Gasteiger partial charge in [-0.25, -0.2) is 15.0 Å². The average Bonchev–Trinajstić information content (AvgIpc) is 3.07. The second kappa shape index (κ2) is 6.07. The van der Waals surface area contributed by atoms with Crippen molar-refractivity contribution in [3.8, 4) is 11.6 Å². The topological polar surface area (TPSA) is 52.8 Å². The van der Waals surface area contributed by atoms with Crippen LogP contribution in [-0.4, -0.2) is 25.7 Å². The van der Waals surface area contributed by atoms with Crippen LogP contribution in [0.25, 0.3) is 5.69 Å². The maximum atomic E-state index is 13.3. The van der Waals surface area contributed by atoms with Crippen molar-refractivity contribution in [3.05, 3.63) is 67.1 Å². The van der Waals surface area contributed by atoms with E-state index in [1.54, 1.807) is 35.4 Å². The molecule has 0 aliphatic carbocycles. The number of hydrogen-bond donors (Lipinski definition) is 0. The third kappa shape index (κ3) is 3.47. The largest absolute Gasteiger partial charge is 0.460 e. The van der Waals surface area contributed by atoms with Crippen LogP contribution in [0.2, 0.25) is 0 Å². The summed E-state index contributed by atoms with van der Waals surface area (Å²) in [5.74, 6) is -0.138. The first-order valence-electron chi connectivity index (χ1n) is 6.62. The molecule has 8 heteroatoms. The standard InChI is InChI=1S/C15H11F3N4O/c16-15(17,18)14(23-13-5-6-19-9-21-13)11-1-3-12(4-2-11)22-8-7-20-10-22/h1-10,14H. The Balaban J connectivity index is 1.88. The molecule has 0 spiro atoms. The number of benzene rings is 1. The van der Waals surface area contributed by atoms with Crippen molar-refractivity contribution < 1.29 is 17.9 Å². The van der Waals surface area contributed by atoms with Gasteiger partial charge in [-0.2, -0.15) is 13.2 Å². The number of nitrogens with zero attached hydrogens (tertiary/aromatic N) is 4. The quantitative estimate of drug-likeness (QED) is 0.740. The molecule has 0 saturated heterocycles. The van der Waals surface area contributed by atoms with E-state index in [1.807, 2.05) is 0 Å². The van der Waals surface area contributed by atoms with Gasteiger partial charge in [0.15, 0.2) is 0 Å². The number of ether oxygens (including phenoxy) is 1. The molecule has 0 amide bonds. The van der Waals surface area contributed by atoms with E-state index in [0.29, 0.717) is 5.69 Å². The van der Waals surface area contributed by atoms with E-state index in [-0.39, 0.29) is 11.4 Å². The fraction of sp³-hybridized carbons (Fsp3) is 0.133. The molecule has 1 unspecified atom stereocenters. The van der Waals surface area contributed by atoms with Crippen molar-refractivity contribution in [1.82, 2.24) is 19.5 Å². The molecule has 0 saturated carbocycles. The predicted octanol–water partition coefficient (Wildman–Crippen LogP) is 3.34. The number of imidazole rings is 1. The van der Waals surface area contributed by atoms with Crippen molar-refractivity contribution in [2.45, 2.75) is 12.3 Å². The van der Waals surface area contributed by atoms with Crippen molar-refractivity contribution in [2.24, 2.45) is 0 Å². The van der Waals surface area contributed by atoms with E-state index in [9.17, 15) is 13.2 Å². The highest BCUT2D eigenvalue weighted by Crippen LogP contribution is 2.36. The summed E-state index contributed by atoms with van der Waals surface area (Å²) in [6, 6.07) is 7.15. The van der Waals surface area contributed by atoms with Gasteiger partial charge < -0.3 is 9.30 Å². The highest BCUT2D eigenvalue weighted by Gasteiger charge is 2.43. The van der Waals surface area contributed by atoms with Crippen molar-refractivity contribution >= 4 is 0 Å². The Morgan fingerprint density at radius 1 is 1.00 bits per heavy atom. The number of rotatable bonds is 4. The Hall–Kier alpha value is -2.90. The van der Waals surface area contributed by atoms with Crippen molar-refractivity contribution in [2.75, 3.05) is 0 Å². The second-order valence-electron chi connectivity index (χ2n) is 4.65. The predicted molar refractivity (Wildman–Crippen MR) is 75.0 cm³/mol. The number of aromatic nitrogens is 4. The molecule has 2 aromatic heterocycles. The van der Waals surface area contributed by atoms with Gasteiger partial charge in [0.05, 0.1) is 6.33 Å². The Morgan fingerprint density at radius 3 is 2.35 bits per heavy atom.